The van der Waals surface area contributed by atoms with E-state index in [0.29, 0.717) is 10.2 Å². The number of nitrogens with one attached hydrogen (secondary N) is 2. The molecule has 7 heteroatoms. The Morgan fingerprint density at radius 1 is 1.14 bits per heavy atom. The molecule has 0 unspecified atom stereocenters. The second-order valence-corrected chi connectivity index (χ2v) is 5.05. The molecule has 0 spiro atoms. The fourth-order valence-electron chi connectivity index (χ4n) is 1.68. The third-order valence-electron chi connectivity index (χ3n) is 2.65. The molecule has 0 aliphatic carbocycles. The van der Waals surface area contributed by atoms with E-state index in [-0.39, 0.29) is 18.1 Å². The van der Waals surface area contributed by atoms with Crippen molar-refractivity contribution in [3.63, 3.8) is 0 Å². The van der Waals surface area contributed by atoms with Crippen molar-refractivity contribution in [2.45, 2.75) is 0 Å². The summed E-state index contributed by atoms with van der Waals surface area (Å²) < 4.78 is 0.321. The lowest BCUT2D eigenvalue weighted by Gasteiger charge is -2.08. The first-order valence-electron chi connectivity index (χ1n) is 6.09. The van der Waals surface area contributed by atoms with Crippen LogP contribution in [-0.2, 0) is 4.79 Å². The van der Waals surface area contributed by atoms with Crippen LogP contribution in [0.2, 0.25) is 0 Å². The normalized spacial score (nSPS) is 9.95. The maximum Gasteiger partial charge on any atom is 0.283 e. The van der Waals surface area contributed by atoms with Crippen molar-refractivity contribution in [1.29, 1.82) is 0 Å². The number of rotatable bonds is 5. The van der Waals surface area contributed by atoms with Gasteiger partial charge in [0.25, 0.3) is 5.69 Å². The van der Waals surface area contributed by atoms with Gasteiger partial charge in [-0.15, -0.1) is 0 Å². The highest BCUT2D eigenvalue weighted by molar-refractivity contribution is 9.10. The van der Waals surface area contributed by atoms with Crippen molar-refractivity contribution >= 4 is 38.9 Å². The van der Waals surface area contributed by atoms with Gasteiger partial charge in [0.2, 0.25) is 5.91 Å². The number of carbonyl (C=O) groups excluding carboxylic acids is 1. The van der Waals surface area contributed by atoms with Gasteiger partial charge in [-0.3, -0.25) is 14.9 Å². The summed E-state index contributed by atoms with van der Waals surface area (Å²) in [5.74, 6) is -0.236. The van der Waals surface area contributed by atoms with Crippen molar-refractivity contribution in [2.24, 2.45) is 0 Å². The molecule has 0 bridgehead atoms. The second-order valence-electron chi connectivity index (χ2n) is 4.19. The summed E-state index contributed by atoms with van der Waals surface area (Å²) >= 11 is 3.10. The van der Waals surface area contributed by atoms with Crippen LogP contribution in [-0.4, -0.2) is 17.4 Å². The molecular weight excluding hydrogens is 338 g/mol. The summed E-state index contributed by atoms with van der Waals surface area (Å²) in [6.45, 7) is 0.110. The van der Waals surface area contributed by atoms with Gasteiger partial charge in [-0.05, 0) is 40.2 Å². The predicted molar refractivity (Wildman–Crippen MR) is 84.4 cm³/mol. The average molecular weight is 350 g/mol. The van der Waals surface area contributed by atoms with Crippen molar-refractivity contribution in [3.05, 3.63) is 63.1 Å². The Hall–Kier alpha value is -2.41. The Balaban J connectivity index is 1.94. The summed E-state index contributed by atoms with van der Waals surface area (Å²) in [5, 5.41) is 16.3. The van der Waals surface area contributed by atoms with Crippen LogP contribution in [0.5, 0.6) is 0 Å². The molecule has 1 amide bonds. The van der Waals surface area contributed by atoms with Crippen LogP contribution in [0.4, 0.5) is 17.1 Å². The number of carbonyl (C=O) groups is 1. The van der Waals surface area contributed by atoms with Crippen LogP contribution in [0.15, 0.2) is 53.0 Å². The first-order valence-corrected chi connectivity index (χ1v) is 6.88. The lowest BCUT2D eigenvalue weighted by molar-refractivity contribution is -0.385. The van der Waals surface area contributed by atoms with Crippen LogP contribution >= 0.6 is 15.9 Å². The van der Waals surface area contributed by atoms with E-state index in [4.69, 9.17) is 0 Å². The Labute approximate surface area is 129 Å². The number of benzene rings is 2. The minimum atomic E-state index is -0.493. The highest BCUT2D eigenvalue weighted by Gasteiger charge is 2.12. The number of nitro groups is 1. The highest BCUT2D eigenvalue weighted by atomic mass is 79.9. The van der Waals surface area contributed by atoms with Crippen molar-refractivity contribution in [2.75, 3.05) is 17.2 Å². The third-order valence-corrected chi connectivity index (χ3v) is 3.29. The molecule has 0 heterocycles. The molecule has 0 saturated heterocycles. The molecule has 2 aromatic carbocycles. The zero-order valence-corrected chi connectivity index (χ0v) is 12.5. The molecule has 0 aromatic heterocycles. The first-order chi connectivity index (χ1) is 10.1. The molecule has 2 N–H and O–H groups in total. The maximum atomic E-state index is 11.8. The van der Waals surface area contributed by atoms with Crippen molar-refractivity contribution in [3.8, 4) is 0 Å². The third kappa shape index (κ3) is 4.28. The molecule has 0 aliphatic rings. The van der Waals surface area contributed by atoms with Crippen LogP contribution in [0.3, 0.4) is 0 Å². The van der Waals surface area contributed by atoms with Gasteiger partial charge in [0.1, 0.15) is 0 Å². The molecule has 21 heavy (non-hydrogen) atoms. The Bertz CT molecular complexity index is 662. The van der Waals surface area contributed by atoms with Gasteiger partial charge in [-0.25, -0.2) is 0 Å². The standard InChI is InChI=1S/C14H12BrN3O3/c15-12-8-11(6-7-13(12)18(20)21)17-14(19)9-16-10-4-2-1-3-5-10/h1-8,16H,9H2,(H,17,19). The first kappa shape index (κ1) is 15.0. The molecule has 6 nitrogen and oxygen atoms in total. The van der Waals surface area contributed by atoms with Gasteiger partial charge >= 0.3 is 0 Å². The molecule has 108 valence electrons. The molecule has 0 fully saturated rings. The number of hydrogen-bond donors (Lipinski definition) is 2. The zero-order valence-electron chi connectivity index (χ0n) is 10.9. The molecule has 0 saturated carbocycles. The van der Waals surface area contributed by atoms with Crippen molar-refractivity contribution in [1.82, 2.24) is 0 Å². The number of amides is 1. The molecule has 0 atom stereocenters. The van der Waals surface area contributed by atoms with E-state index in [9.17, 15) is 14.9 Å². The van der Waals surface area contributed by atoms with Crippen LogP contribution in [0.1, 0.15) is 0 Å². The quantitative estimate of drug-likeness (QED) is 0.639. The molecule has 2 aromatic rings. The Morgan fingerprint density at radius 3 is 2.48 bits per heavy atom. The Morgan fingerprint density at radius 2 is 1.86 bits per heavy atom. The molecular formula is C14H12BrN3O3. The maximum absolute atomic E-state index is 11.8. The number of hydrogen-bond acceptors (Lipinski definition) is 4. The monoisotopic (exact) mass is 349 g/mol. The van der Waals surface area contributed by atoms with E-state index >= 15 is 0 Å². The van der Waals surface area contributed by atoms with E-state index < -0.39 is 4.92 Å². The topological polar surface area (TPSA) is 84.3 Å². The largest absolute Gasteiger partial charge is 0.376 e. The summed E-state index contributed by atoms with van der Waals surface area (Å²) in [5.41, 5.74) is 1.29. The number of nitro benzene ring substituents is 1. The predicted octanol–water partition coefficient (Wildman–Crippen LogP) is 3.41. The lowest BCUT2D eigenvalue weighted by atomic mass is 10.3. The fourth-order valence-corrected chi connectivity index (χ4v) is 2.20. The van der Waals surface area contributed by atoms with Gasteiger partial charge < -0.3 is 10.6 Å². The van der Waals surface area contributed by atoms with E-state index in [1.807, 2.05) is 30.3 Å². The molecule has 0 aliphatic heterocycles. The SMILES string of the molecule is O=C(CNc1ccccc1)Nc1ccc([N+](=O)[O-])c(Br)c1. The van der Waals surface area contributed by atoms with E-state index in [1.165, 1.54) is 18.2 Å². The van der Waals surface area contributed by atoms with Crippen LogP contribution in [0.25, 0.3) is 0 Å². The van der Waals surface area contributed by atoms with Gasteiger partial charge in [-0.1, -0.05) is 18.2 Å². The zero-order chi connectivity index (χ0) is 15.2. The van der Waals surface area contributed by atoms with Crippen molar-refractivity contribution < 1.29 is 9.72 Å². The van der Waals surface area contributed by atoms with E-state index in [0.717, 1.165) is 5.69 Å². The van der Waals surface area contributed by atoms with Gasteiger partial charge in [-0.2, -0.15) is 0 Å². The number of halogens is 1. The lowest BCUT2D eigenvalue weighted by Crippen LogP contribution is -2.21. The van der Waals surface area contributed by atoms with Gasteiger partial charge in [0.15, 0.2) is 0 Å². The van der Waals surface area contributed by atoms with Crippen LogP contribution in [0, 0.1) is 10.1 Å². The van der Waals surface area contributed by atoms with E-state index in [2.05, 4.69) is 26.6 Å². The minimum absolute atomic E-state index is 0.0459. The highest BCUT2D eigenvalue weighted by Crippen LogP contribution is 2.27. The summed E-state index contributed by atoms with van der Waals surface area (Å²) in [7, 11) is 0. The smallest absolute Gasteiger partial charge is 0.283 e. The van der Waals surface area contributed by atoms with Gasteiger partial charge in [0, 0.05) is 17.4 Å². The fraction of sp³-hybridized carbons (Fsp3) is 0.0714. The summed E-state index contributed by atoms with van der Waals surface area (Å²) in [4.78, 5) is 22.0. The molecule has 0 radical (unpaired) electrons. The second kappa shape index (κ2) is 6.85. The van der Waals surface area contributed by atoms with E-state index in [1.54, 1.807) is 0 Å². The summed E-state index contributed by atoms with van der Waals surface area (Å²) in [6, 6.07) is 13.7. The van der Waals surface area contributed by atoms with Gasteiger partial charge in [0.05, 0.1) is 15.9 Å². The molecule has 2 rings (SSSR count). The van der Waals surface area contributed by atoms with Crippen LogP contribution < -0.4 is 10.6 Å². The summed E-state index contributed by atoms with van der Waals surface area (Å²) in [6.07, 6.45) is 0. The number of para-hydroxylation sites is 1. The minimum Gasteiger partial charge on any atom is -0.376 e. The number of anilines is 2. The average Bonchev–Trinajstić information content (AvgIpc) is 2.46. The number of nitrogens with zero attached hydrogens (tertiary/aromatic N) is 1. The Kier molecular flexibility index (Phi) is 4.89.